The number of aryl methyl sites for hydroxylation is 1. The number of carbonyl (C=O) groups is 1. The van der Waals surface area contributed by atoms with Crippen molar-refractivity contribution in [3.63, 3.8) is 0 Å². The highest BCUT2D eigenvalue weighted by Crippen LogP contribution is 2.37. The summed E-state index contributed by atoms with van der Waals surface area (Å²) in [5.74, 6) is -0.198. The molecule has 0 saturated carbocycles. The normalized spacial score (nSPS) is 17.1. The smallest absolute Gasteiger partial charge is 0.469 e. The molecule has 32 heavy (non-hydrogen) atoms. The first-order valence-electron chi connectivity index (χ1n) is 10.9. The van der Waals surface area contributed by atoms with Gasteiger partial charge in [-0.25, -0.2) is 0 Å². The molecule has 1 aliphatic rings. The number of esters is 1. The summed E-state index contributed by atoms with van der Waals surface area (Å²) in [5, 5.41) is 1.80. The largest absolute Gasteiger partial charge is 0.494 e. The zero-order valence-corrected chi connectivity index (χ0v) is 20.0. The number of rotatable bonds is 6. The van der Waals surface area contributed by atoms with Crippen molar-refractivity contribution in [3.05, 3.63) is 53.1 Å². The minimum atomic E-state index is -0.429. The maximum absolute atomic E-state index is 11.7. The second kappa shape index (κ2) is 8.58. The third kappa shape index (κ3) is 4.32. The summed E-state index contributed by atoms with van der Waals surface area (Å²) >= 11 is 6.10. The van der Waals surface area contributed by atoms with E-state index >= 15 is 0 Å². The fourth-order valence-corrected chi connectivity index (χ4v) is 4.15. The van der Waals surface area contributed by atoms with Crippen molar-refractivity contribution in [1.82, 2.24) is 4.98 Å². The van der Waals surface area contributed by atoms with Crippen LogP contribution < -0.4 is 5.46 Å². The summed E-state index contributed by atoms with van der Waals surface area (Å²) in [6.07, 6.45) is 1.81. The zero-order valence-electron chi connectivity index (χ0n) is 19.3. The highest BCUT2D eigenvalue weighted by molar-refractivity contribution is 6.62. The number of methoxy groups -OCH3 is 1. The number of aromatic amines is 1. The molecule has 3 aromatic rings. The fourth-order valence-electron chi connectivity index (χ4n) is 4.03. The molecule has 0 radical (unpaired) electrons. The lowest BCUT2D eigenvalue weighted by Gasteiger charge is -2.32. The van der Waals surface area contributed by atoms with Gasteiger partial charge in [-0.1, -0.05) is 35.9 Å². The first kappa shape index (κ1) is 22.9. The molecular weight excluding hydrogens is 425 g/mol. The highest BCUT2D eigenvalue weighted by atomic mass is 35.5. The Morgan fingerprint density at radius 2 is 1.72 bits per heavy atom. The first-order chi connectivity index (χ1) is 15.1. The number of benzene rings is 2. The van der Waals surface area contributed by atoms with Crippen molar-refractivity contribution < 1.29 is 18.8 Å². The lowest BCUT2D eigenvalue weighted by atomic mass is 9.78. The molecule has 0 bridgehead atoms. The number of nitrogens with one attached hydrogen (secondary N) is 1. The van der Waals surface area contributed by atoms with Gasteiger partial charge in [0.1, 0.15) is 0 Å². The third-order valence-electron chi connectivity index (χ3n) is 6.62. The van der Waals surface area contributed by atoms with Crippen LogP contribution in [0.25, 0.3) is 22.2 Å². The van der Waals surface area contributed by atoms with Crippen molar-refractivity contribution in [2.75, 3.05) is 7.11 Å². The quantitative estimate of drug-likeness (QED) is 0.407. The fraction of sp³-hybridized carbons (Fsp3) is 0.400. The van der Waals surface area contributed by atoms with Crippen LogP contribution in [-0.2, 0) is 25.3 Å². The number of carbonyl (C=O) groups excluding carboxylic acids is 1. The SMILES string of the molecule is COC(=O)CCCc1c(-c2ccc(Cl)cc2)[nH]c2ccc(B3OC(C)(C)C(C)(C)O3)cc12. The number of aromatic nitrogens is 1. The van der Waals surface area contributed by atoms with Gasteiger partial charge in [0.25, 0.3) is 0 Å². The Hall–Kier alpha value is -2.28. The lowest BCUT2D eigenvalue weighted by Crippen LogP contribution is -2.41. The predicted octanol–water partition coefficient (Wildman–Crippen LogP) is 5.28. The molecule has 4 rings (SSSR count). The molecule has 168 valence electrons. The Labute approximate surface area is 194 Å². The highest BCUT2D eigenvalue weighted by Gasteiger charge is 2.51. The van der Waals surface area contributed by atoms with Crippen LogP contribution in [0, 0.1) is 0 Å². The van der Waals surface area contributed by atoms with Gasteiger partial charge in [0.15, 0.2) is 0 Å². The van der Waals surface area contributed by atoms with E-state index in [1.165, 1.54) is 7.11 Å². The van der Waals surface area contributed by atoms with Crippen LogP contribution in [-0.4, -0.2) is 36.4 Å². The molecular formula is C25H29BClNO4. The molecule has 5 nitrogen and oxygen atoms in total. The lowest BCUT2D eigenvalue weighted by molar-refractivity contribution is -0.140. The van der Waals surface area contributed by atoms with Gasteiger partial charge in [-0.05, 0) is 75.3 Å². The van der Waals surface area contributed by atoms with E-state index in [9.17, 15) is 4.79 Å². The van der Waals surface area contributed by atoms with Crippen molar-refractivity contribution in [2.45, 2.75) is 58.2 Å². The van der Waals surface area contributed by atoms with Gasteiger partial charge in [0.05, 0.1) is 18.3 Å². The van der Waals surface area contributed by atoms with Crippen molar-refractivity contribution in [3.8, 4) is 11.3 Å². The van der Waals surface area contributed by atoms with Gasteiger partial charge in [0.2, 0.25) is 0 Å². The Morgan fingerprint density at radius 3 is 2.34 bits per heavy atom. The molecule has 2 aromatic carbocycles. The molecule has 1 N–H and O–H groups in total. The van der Waals surface area contributed by atoms with E-state index in [0.29, 0.717) is 17.9 Å². The van der Waals surface area contributed by atoms with Crippen LogP contribution in [0.3, 0.4) is 0 Å². The van der Waals surface area contributed by atoms with E-state index < -0.39 is 18.3 Å². The van der Waals surface area contributed by atoms with E-state index in [-0.39, 0.29) is 5.97 Å². The van der Waals surface area contributed by atoms with E-state index in [2.05, 4.69) is 44.8 Å². The van der Waals surface area contributed by atoms with Gasteiger partial charge < -0.3 is 19.0 Å². The second-order valence-corrected chi connectivity index (χ2v) is 9.74. The van der Waals surface area contributed by atoms with Crippen LogP contribution in [0.5, 0.6) is 0 Å². The van der Waals surface area contributed by atoms with E-state index in [1.54, 1.807) is 0 Å². The summed E-state index contributed by atoms with van der Waals surface area (Å²) in [6, 6.07) is 14.0. The van der Waals surface area contributed by atoms with Crippen LogP contribution in [0.4, 0.5) is 0 Å². The summed E-state index contributed by atoms with van der Waals surface area (Å²) in [4.78, 5) is 15.2. The van der Waals surface area contributed by atoms with Crippen molar-refractivity contribution >= 4 is 41.1 Å². The predicted molar refractivity (Wildman–Crippen MR) is 129 cm³/mol. The molecule has 1 aliphatic heterocycles. The van der Waals surface area contributed by atoms with Crippen LogP contribution in [0.15, 0.2) is 42.5 Å². The number of hydrogen-bond acceptors (Lipinski definition) is 4. The number of ether oxygens (including phenoxy) is 1. The molecule has 0 amide bonds. The maximum atomic E-state index is 11.7. The average molecular weight is 454 g/mol. The van der Waals surface area contributed by atoms with Gasteiger partial charge in [0, 0.05) is 28.0 Å². The van der Waals surface area contributed by atoms with E-state index in [4.69, 9.17) is 25.6 Å². The summed E-state index contributed by atoms with van der Waals surface area (Å²) < 4.78 is 17.3. The molecule has 0 spiro atoms. The third-order valence-corrected chi connectivity index (χ3v) is 6.88. The number of halogens is 1. The molecule has 1 fully saturated rings. The first-order valence-corrected chi connectivity index (χ1v) is 11.3. The van der Waals surface area contributed by atoms with Crippen LogP contribution in [0.1, 0.15) is 46.1 Å². The molecule has 0 aliphatic carbocycles. The Bertz CT molecular complexity index is 1120. The minimum Gasteiger partial charge on any atom is -0.469 e. The van der Waals surface area contributed by atoms with Gasteiger partial charge in [-0.2, -0.15) is 0 Å². The topological polar surface area (TPSA) is 60.6 Å². The van der Waals surface area contributed by atoms with Gasteiger partial charge in [-0.15, -0.1) is 0 Å². The summed E-state index contributed by atoms with van der Waals surface area (Å²) in [6.45, 7) is 8.22. The molecule has 2 heterocycles. The molecule has 1 aromatic heterocycles. The standard InChI is InChI=1S/C25H29BClNO4/c1-24(2)25(3,4)32-26(31-24)17-11-14-21-20(15-17)19(7-6-8-22(29)30-5)23(28-21)16-9-12-18(27)13-10-16/h9-15,28H,6-8H2,1-5H3. The Balaban J connectivity index is 1.74. The Morgan fingerprint density at radius 1 is 1.06 bits per heavy atom. The number of fused-ring (bicyclic) bond motifs is 1. The van der Waals surface area contributed by atoms with Gasteiger partial charge in [-0.3, -0.25) is 4.79 Å². The Kier molecular flexibility index (Phi) is 6.14. The number of H-pyrrole nitrogens is 1. The summed E-state index contributed by atoms with van der Waals surface area (Å²) in [5.41, 5.74) is 4.45. The van der Waals surface area contributed by atoms with Crippen LogP contribution >= 0.6 is 11.6 Å². The summed E-state index contributed by atoms with van der Waals surface area (Å²) in [7, 11) is 0.991. The molecule has 0 atom stereocenters. The van der Waals surface area contributed by atoms with E-state index in [1.807, 2.05) is 30.3 Å². The van der Waals surface area contributed by atoms with E-state index in [0.717, 1.165) is 39.6 Å². The molecule has 0 unspecified atom stereocenters. The zero-order chi connectivity index (χ0) is 23.1. The molecule has 1 saturated heterocycles. The minimum absolute atomic E-state index is 0.198. The molecule has 7 heteroatoms. The average Bonchev–Trinajstić information content (AvgIpc) is 3.21. The van der Waals surface area contributed by atoms with Gasteiger partial charge >= 0.3 is 13.1 Å². The monoisotopic (exact) mass is 453 g/mol. The van der Waals surface area contributed by atoms with Crippen molar-refractivity contribution in [2.24, 2.45) is 0 Å². The second-order valence-electron chi connectivity index (χ2n) is 9.31. The number of hydrogen-bond donors (Lipinski definition) is 1. The van der Waals surface area contributed by atoms with Crippen LogP contribution in [0.2, 0.25) is 5.02 Å². The van der Waals surface area contributed by atoms with Crippen molar-refractivity contribution in [1.29, 1.82) is 0 Å². The maximum Gasteiger partial charge on any atom is 0.494 e.